The van der Waals surface area contributed by atoms with Gasteiger partial charge in [-0.05, 0) is 40.0 Å². The Bertz CT molecular complexity index is 336. The van der Waals surface area contributed by atoms with E-state index in [1.807, 2.05) is 34.6 Å². The highest BCUT2D eigenvalue weighted by molar-refractivity contribution is 6.57. The van der Waals surface area contributed by atoms with Crippen molar-refractivity contribution in [3.8, 4) is 0 Å². The van der Waals surface area contributed by atoms with Gasteiger partial charge in [-0.2, -0.15) is 0 Å². The van der Waals surface area contributed by atoms with E-state index in [1.54, 1.807) is 0 Å². The largest absolute Gasteiger partial charge is 0.476 e. The molecule has 96 valence electrons. The lowest BCUT2D eigenvalue weighted by Gasteiger charge is -2.32. The first-order valence-corrected chi connectivity index (χ1v) is 6.11. The van der Waals surface area contributed by atoms with Gasteiger partial charge < -0.3 is 14.0 Å². The van der Waals surface area contributed by atoms with Crippen molar-refractivity contribution in [2.24, 2.45) is 5.92 Å². The molecule has 0 radical (unpaired) electrons. The summed E-state index contributed by atoms with van der Waals surface area (Å²) in [6.07, 6.45) is 0.774. The normalized spacial score (nSPS) is 38.0. The van der Waals surface area contributed by atoms with Gasteiger partial charge >= 0.3 is 13.1 Å². The number of carbonyl (C=O) groups is 1. The molecule has 1 aliphatic heterocycles. The molecule has 2 aliphatic rings. The highest BCUT2D eigenvalue weighted by atomic mass is 16.7. The van der Waals surface area contributed by atoms with Crippen LogP contribution in [0, 0.1) is 5.92 Å². The molecule has 4 nitrogen and oxygen atoms in total. The van der Waals surface area contributed by atoms with Gasteiger partial charge in [-0.25, -0.2) is 0 Å². The predicted octanol–water partition coefficient (Wildman–Crippen LogP) is 2.03. The number of hydrogen-bond acceptors (Lipinski definition) is 4. The molecule has 17 heavy (non-hydrogen) atoms. The fourth-order valence-corrected chi connectivity index (χ4v) is 2.40. The van der Waals surface area contributed by atoms with Crippen LogP contribution in [0.25, 0.3) is 0 Å². The highest BCUT2D eigenvalue weighted by Gasteiger charge is 2.72. The molecule has 0 bridgehead atoms. The third-order valence-electron chi connectivity index (χ3n) is 4.60. The number of methoxy groups -OCH3 is 1. The van der Waals surface area contributed by atoms with E-state index in [4.69, 9.17) is 14.0 Å². The average Bonchev–Trinajstić information content (AvgIpc) is 2.82. The van der Waals surface area contributed by atoms with E-state index in [2.05, 4.69) is 0 Å². The Kier molecular flexibility index (Phi) is 2.64. The van der Waals surface area contributed by atoms with Crippen molar-refractivity contribution < 1.29 is 18.8 Å². The van der Waals surface area contributed by atoms with Crippen molar-refractivity contribution in [3.05, 3.63) is 0 Å². The SMILES string of the molecule is COC(=O)[C@]1(B2OC(C)(C)C(C)(C)O2)CC1C. The van der Waals surface area contributed by atoms with Gasteiger partial charge in [0.05, 0.1) is 18.3 Å². The lowest BCUT2D eigenvalue weighted by molar-refractivity contribution is -0.142. The number of esters is 1. The molecule has 1 saturated heterocycles. The van der Waals surface area contributed by atoms with Crippen molar-refractivity contribution in [2.45, 2.75) is 57.6 Å². The summed E-state index contributed by atoms with van der Waals surface area (Å²) in [5.41, 5.74) is -0.804. The van der Waals surface area contributed by atoms with E-state index in [1.165, 1.54) is 7.11 Å². The summed E-state index contributed by atoms with van der Waals surface area (Å²) in [6.45, 7) is 9.99. The molecule has 5 heteroatoms. The summed E-state index contributed by atoms with van der Waals surface area (Å²) in [5.74, 6) is 0.0353. The number of ether oxygens (including phenoxy) is 1. The van der Waals surface area contributed by atoms with E-state index in [0.29, 0.717) is 0 Å². The first kappa shape index (κ1) is 12.9. The van der Waals surface area contributed by atoms with E-state index in [-0.39, 0.29) is 11.9 Å². The second-order valence-corrected chi connectivity index (χ2v) is 6.23. The van der Waals surface area contributed by atoms with Crippen molar-refractivity contribution in [3.63, 3.8) is 0 Å². The molecule has 0 amide bonds. The van der Waals surface area contributed by atoms with Crippen LogP contribution < -0.4 is 0 Å². The zero-order chi connectivity index (χ0) is 13.1. The molecule has 1 heterocycles. The summed E-state index contributed by atoms with van der Waals surface area (Å²) in [7, 11) is 0.926. The molecule has 0 aromatic rings. The Balaban J connectivity index is 2.24. The molecule has 2 fully saturated rings. The van der Waals surface area contributed by atoms with Gasteiger partial charge in [-0.15, -0.1) is 0 Å². The zero-order valence-electron chi connectivity index (χ0n) is 11.5. The quantitative estimate of drug-likeness (QED) is 0.547. The first-order chi connectivity index (χ1) is 7.67. The number of hydrogen-bond donors (Lipinski definition) is 0. The van der Waals surface area contributed by atoms with Gasteiger partial charge in [0.15, 0.2) is 0 Å². The fourth-order valence-electron chi connectivity index (χ4n) is 2.40. The van der Waals surface area contributed by atoms with Crippen molar-refractivity contribution in [1.29, 1.82) is 0 Å². The molecule has 0 aromatic carbocycles. The van der Waals surface area contributed by atoms with Gasteiger partial charge in [0.2, 0.25) is 0 Å². The van der Waals surface area contributed by atoms with Crippen LogP contribution in [-0.2, 0) is 18.8 Å². The number of rotatable bonds is 2. The van der Waals surface area contributed by atoms with Crippen molar-refractivity contribution in [1.82, 2.24) is 0 Å². The molecule has 1 aliphatic carbocycles. The molecule has 1 unspecified atom stereocenters. The second-order valence-electron chi connectivity index (χ2n) is 6.23. The molecule has 2 rings (SSSR count). The third-order valence-corrected chi connectivity index (χ3v) is 4.60. The number of carbonyl (C=O) groups excluding carboxylic acids is 1. The van der Waals surface area contributed by atoms with Crippen LogP contribution in [0.1, 0.15) is 41.0 Å². The summed E-state index contributed by atoms with van der Waals surface area (Å²) in [5, 5.41) is -0.597. The van der Waals surface area contributed by atoms with Gasteiger partial charge in [0, 0.05) is 0 Å². The monoisotopic (exact) mass is 240 g/mol. The van der Waals surface area contributed by atoms with Crippen LogP contribution in [0.5, 0.6) is 0 Å². The zero-order valence-corrected chi connectivity index (χ0v) is 11.5. The summed E-state index contributed by atoms with van der Waals surface area (Å²) in [6, 6.07) is 0. The van der Waals surface area contributed by atoms with Crippen molar-refractivity contribution >= 4 is 13.1 Å². The van der Waals surface area contributed by atoms with Crippen LogP contribution in [-0.4, -0.2) is 31.4 Å². The summed E-state index contributed by atoms with van der Waals surface area (Å²) < 4.78 is 16.8. The van der Waals surface area contributed by atoms with E-state index >= 15 is 0 Å². The second kappa shape index (κ2) is 3.48. The maximum absolute atomic E-state index is 11.9. The molecular formula is C12H21BO4. The van der Waals surface area contributed by atoms with Gasteiger partial charge in [0.25, 0.3) is 0 Å². The molecule has 0 aromatic heterocycles. The van der Waals surface area contributed by atoms with Crippen LogP contribution in [0.2, 0.25) is 5.31 Å². The van der Waals surface area contributed by atoms with Gasteiger partial charge in [0.1, 0.15) is 5.31 Å². The molecule has 0 spiro atoms. The minimum Gasteiger partial charge on any atom is -0.469 e. The summed E-state index contributed by atoms with van der Waals surface area (Å²) >= 11 is 0. The average molecular weight is 240 g/mol. The topological polar surface area (TPSA) is 44.8 Å². The minimum absolute atomic E-state index is 0.219. The Labute approximate surface area is 103 Å². The van der Waals surface area contributed by atoms with Crippen LogP contribution >= 0.6 is 0 Å². The lowest BCUT2D eigenvalue weighted by Crippen LogP contribution is -2.41. The maximum atomic E-state index is 11.9. The van der Waals surface area contributed by atoms with E-state index in [9.17, 15) is 4.79 Å². The first-order valence-electron chi connectivity index (χ1n) is 6.11. The van der Waals surface area contributed by atoms with Crippen LogP contribution in [0.15, 0.2) is 0 Å². The standard InChI is InChI=1S/C12H21BO4/c1-8-7-12(8,9(14)15-6)13-16-10(2,3)11(4,5)17-13/h8H,7H2,1-6H3/t8?,12-/m0/s1. The summed E-state index contributed by atoms with van der Waals surface area (Å²) in [4.78, 5) is 11.9. The maximum Gasteiger partial charge on any atom is 0.476 e. The van der Waals surface area contributed by atoms with Gasteiger partial charge in [-0.1, -0.05) is 6.92 Å². The smallest absolute Gasteiger partial charge is 0.469 e. The predicted molar refractivity (Wildman–Crippen MR) is 64.6 cm³/mol. The highest BCUT2D eigenvalue weighted by Crippen LogP contribution is 2.65. The fraction of sp³-hybridized carbons (Fsp3) is 0.917. The molecular weight excluding hydrogens is 219 g/mol. The Morgan fingerprint density at radius 2 is 1.65 bits per heavy atom. The molecule has 2 atom stereocenters. The Morgan fingerprint density at radius 3 is 1.94 bits per heavy atom. The lowest BCUT2D eigenvalue weighted by atomic mass is 9.66. The molecule has 1 saturated carbocycles. The van der Waals surface area contributed by atoms with E-state index in [0.717, 1.165) is 6.42 Å². The Hall–Kier alpha value is -0.545. The molecule has 0 N–H and O–H groups in total. The van der Waals surface area contributed by atoms with Gasteiger partial charge in [-0.3, -0.25) is 4.79 Å². The third kappa shape index (κ3) is 1.63. The minimum atomic E-state index is -0.597. The van der Waals surface area contributed by atoms with Crippen LogP contribution in [0.3, 0.4) is 0 Å². The Morgan fingerprint density at radius 1 is 1.24 bits per heavy atom. The van der Waals surface area contributed by atoms with Crippen molar-refractivity contribution in [2.75, 3.05) is 7.11 Å². The van der Waals surface area contributed by atoms with E-state index < -0.39 is 23.6 Å². The van der Waals surface area contributed by atoms with Crippen LogP contribution in [0.4, 0.5) is 0 Å².